The number of imidazole rings is 1. The number of carboxylic acids is 1. The van der Waals surface area contributed by atoms with Crippen LogP contribution in [0.5, 0.6) is 0 Å². The highest BCUT2D eigenvalue weighted by Crippen LogP contribution is 2.27. The molecule has 2 aromatic heterocycles. The number of nitrogens with zero attached hydrogens (tertiary/aromatic N) is 3. The van der Waals surface area contributed by atoms with Gasteiger partial charge in [0.2, 0.25) is 0 Å². The zero-order valence-corrected chi connectivity index (χ0v) is 12.0. The van der Waals surface area contributed by atoms with E-state index < -0.39 is 5.97 Å². The fourth-order valence-corrected chi connectivity index (χ4v) is 2.17. The van der Waals surface area contributed by atoms with Gasteiger partial charge in [-0.15, -0.1) is 0 Å². The van der Waals surface area contributed by atoms with E-state index in [0.717, 1.165) is 13.0 Å². The van der Waals surface area contributed by atoms with Crippen LogP contribution in [0.1, 0.15) is 43.3 Å². The van der Waals surface area contributed by atoms with Crippen molar-refractivity contribution in [1.29, 1.82) is 0 Å². The monoisotopic (exact) mass is 277 g/mol. The van der Waals surface area contributed by atoms with Gasteiger partial charge in [-0.25, -0.2) is 9.78 Å². The molecule has 108 valence electrons. The summed E-state index contributed by atoms with van der Waals surface area (Å²) >= 11 is 0. The molecule has 0 spiro atoms. The Morgan fingerprint density at radius 2 is 2.25 bits per heavy atom. The molecule has 2 aromatic rings. The zero-order chi connectivity index (χ0) is 14.7. The first-order valence-electron chi connectivity index (χ1n) is 6.76. The van der Waals surface area contributed by atoms with Crippen LogP contribution < -0.4 is 0 Å². The Bertz CT molecular complexity index is 599. The van der Waals surface area contributed by atoms with Gasteiger partial charge in [0.05, 0.1) is 18.2 Å². The van der Waals surface area contributed by atoms with Gasteiger partial charge in [0.25, 0.3) is 0 Å². The quantitative estimate of drug-likeness (QED) is 0.878. The van der Waals surface area contributed by atoms with Crippen LogP contribution in [0.15, 0.2) is 17.0 Å². The maximum absolute atomic E-state index is 11.5. The Balaban J connectivity index is 2.48. The Morgan fingerprint density at radius 3 is 2.85 bits per heavy atom. The van der Waals surface area contributed by atoms with E-state index in [4.69, 9.17) is 4.52 Å². The molecule has 0 unspecified atom stereocenters. The van der Waals surface area contributed by atoms with E-state index in [0.29, 0.717) is 29.5 Å². The Hall–Kier alpha value is -2.11. The van der Waals surface area contributed by atoms with Gasteiger partial charge in [-0.3, -0.25) is 0 Å². The third-order valence-electron chi connectivity index (χ3n) is 2.99. The second kappa shape index (κ2) is 5.90. The highest BCUT2D eigenvalue weighted by atomic mass is 16.5. The molecule has 0 amide bonds. The molecule has 0 radical (unpaired) electrons. The summed E-state index contributed by atoms with van der Waals surface area (Å²) in [6.45, 7) is 6.83. The van der Waals surface area contributed by atoms with Gasteiger partial charge in [0.1, 0.15) is 11.3 Å². The first-order valence-corrected chi connectivity index (χ1v) is 6.76. The van der Waals surface area contributed by atoms with Crippen LogP contribution in [0.2, 0.25) is 0 Å². The first kappa shape index (κ1) is 14.3. The number of aromatic nitrogens is 3. The minimum atomic E-state index is -1.01. The minimum Gasteiger partial charge on any atom is -0.477 e. The lowest BCUT2D eigenvalue weighted by Crippen LogP contribution is -2.06. The lowest BCUT2D eigenvalue weighted by molar-refractivity contribution is 0.0695. The summed E-state index contributed by atoms with van der Waals surface area (Å²) in [6.07, 6.45) is 4.79. The summed E-state index contributed by atoms with van der Waals surface area (Å²) < 4.78 is 7.15. The number of aryl methyl sites for hydroxylation is 1. The molecule has 0 aromatic carbocycles. The highest BCUT2D eigenvalue weighted by molar-refractivity contribution is 5.95. The summed E-state index contributed by atoms with van der Waals surface area (Å²) in [6, 6.07) is 0. The fraction of sp³-hybridized carbons (Fsp3) is 0.500. The molecular formula is C14H19N3O3. The molecular weight excluding hydrogens is 258 g/mol. The molecule has 20 heavy (non-hydrogen) atoms. The van der Waals surface area contributed by atoms with Crippen LogP contribution in [-0.4, -0.2) is 25.8 Å². The lowest BCUT2D eigenvalue weighted by Gasteiger charge is -2.05. The molecule has 0 aliphatic carbocycles. The molecule has 6 heteroatoms. The number of carbonyl (C=O) groups is 1. The summed E-state index contributed by atoms with van der Waals surface area (Å²) in [4.78, 5) is 15.6. The Labute approximate surface area is 117 Å². The topological polar surface area (TPSA) is 81.2 Å². The average Bonchev–Trinajstić information content (AvgIpc) is 2.95. The van der Waals surface area contributed by atoms with Crippen molar-refractivity contribution in [3.8, 4) is 11.4 Å². The average molecular weight is 277 g/mol. The molecule has 0 bridgehead atoms. The summed E-state index contributed by atoms with van der Waals surface area (Å²) in [5.74, 6) is -0.289. The number of hydrogen-bond acceptors (Lipinski definition) is 4. The van der Waals surface area contributed by atoms with Crippen molar-refractivity contribution in [3.05, 3.63) is 23.8 Å². The number of rotatable bonds is 6. The smallest absolute Gasteiger partial charge is 0.341 e. The number of hydrogen-bond donors (Lipinski definition) is 1. The van der Waals surface area contributed by atoms with Crippen molar-refractivity contribution in [2.75, 3.05) is 0 Å². The van der Waals surface area contributed by atoms with Crippen LogP contribution in [0.3, 0.4) is 0 Å². The number of carboxylic acid groups (broad SMARTS) is 1. The minimum absolute atomic E-state index is 0.150. The van der Waals surface area contributed by atoms with E-state index in [2.05, 4.69) is 17.1 Å². The van der Waals surface area contributed by atoms with Gasteiger partial charge < -0.3 is 14.2 Å². The normalized spacial score (nSPS) is 11.2. The second-order valence-electron chi connectivity index (χ2n) is 5.20. The van der Waals surface area contributed by atoms with E-state index in [1.807, 2.05) is 18.4 Å². The van der Waals surface area contributed by atoms with E-state index >= 15 is 0 Å². The van der Waals surface area contributed by atoms with Crippen LogP contribution >= 0.6 is 0 Å². The maximum atomic E-state index is 11.5. The molecule has 0 aliphatic heterocycles. The Morgan fingerprint density at radius 1 is 1.50 bits per heavy atom. The molecule has 0 aliphatic rings. The highest BCUT2D eigenvalue weighted by Gasteiger charge is 2.25. The van der Waals surface area contributed by atoms with Crippen molar-refractivity contribution in [2.24, 2.45) is 5.92 Å². The third-order valence-corrected chi connectivity index (χ3v) is 2.99. The summed E-state index contributed by atoms with van der Waals surface area (Å²) in [7, 11) is 0. The van der Waals surface area contributed by atoms with Crippen molar-refractivity contribution < 1.29 is 14.4 Å². The van der Waals surface area contributed by atoms with E-state index in [1.54, 1.807) is 12.5 Å². The van der Waals surface area contributed by atoms with E-state index in [1.165, 1.54) is 0 Å². The fourth-order valence-electron chi connectivity index (χ4n) is 2.17. The van der Waals surface area contributed by atoms with Crippen LogP contribution in [0, 0.1) is 5.92 Å². The molecule has 6 nitrogen and oxygen atoms in total. The largest absolute Gasteiger partial charge is 0.477 e. The first-order chi connectivity index (χ1) is 9.54. The molecule has 0 saturated heterocycles. The molecule has 0 saturated carbocycles. The van der Waals surface area contributed by atoms with Crippen LogP contribution in [0.25, 0.3) is 11.4 Å². The van der Waals surface area contributed by atoms with Crippen molar-refractivity contribution in [1.82, 2.24) is 14.7 Å². The predicted octanol–water partition coefficient (Wildman–Crippen LogP) is 2.84. The van der Waals surface area contributed by atoms with Gasteiger partial charge in [-0.2, -0.15) is 0 Å². The van der Waals surface area contributed by atoms with Crippen LogP contribution in [0.4, 0.5) is 0 Å². The predicted molar refractivity (Wildman–Crippen MR) is 73.5 cm³/mol. The second-order valence-corrected chi connectivity index (χ2v) is 5.20. The molecule has 2 rings (SSSR count). The standard InChI is InChI=1S/C14H19N3O3/c1-4-5-17-8-15-7-10(17)13-12(14(18)19)11(20-16-13)6-9(2)3/h7-9H,4-6H2,1-3H3,(H,18,19). The van der Waals surface area contributed by atoms with E-state index in [9.17, 15) is 9.90 Å². The molecule has 0 atom stereocenters. The van der Waals surface area contributed by atoms with E-state index in [-0.39, 0.29) is 5.56 Å². The SMILES string of the molecule is CCCn1cncc1-c1noc(CC(C)C)c1C(=O)O. The number of aromatic carboxylic acids is 1. The van der Waals surface area contributed by atoms with Gasteiger partial charge in [-0.05, 0) is 12.3 Å². The molecule has 0 fully saturated rings. The molecule has 2 heterocycles. The zero-order valence-electron chi connectivity index (χ0n) is 12.0. The van der Waals surface area contributed by atoms with Gasteiger partial charge in [0, 0.05) is 13.0 Å². The maximum Gasteiger partial charge on any atom is 0.341 e. The van der Waals surface area contributed by atoms with Gasteiger partial charge >= 0.3 is 5.97 Å². The summed E-state index contributed by atoms with van der Waals surface area (Å²) in [5, 5.41) is 13.4. The third kappa shape index (κ3) is 2.74. The van der Waals surface area contributed by atoms with Crippen LogP contribution in [-0.2, 0) is 13.0 Å². The van der Waals surface area contributed by atoms with Gasteiger partial charge in [0.15, 0.2) is 5.76 Å². The summed E-state index contributed by atoms with van der Waals surface area (Å²) in [5.41, 5.74) is 1.19. The van der Waals surface area contributed by atoms with Crippen molar-refractivity contribution in [2.45, 2.75) is 40.2 Å². The molecule has 1 N–H and O–H groups in total. The van der Waals surface area contributed by atoms with Crippen molar-refractivity contribution >= 4 is 5.97 Å². The van der Waals surface area contributed by atoms with Crippen molar-refractivity contribution in [3.63, 3.8) is 0 Å². The lowest BCUT2D eigenvalue weighted by atomic mass is 10.0. The Kier molecular flexibility index (Phi) is 4.22. The van der Waals surface area contributed by atoms with Gasteiger partial charge in [-0.1, -0.05) is 25.9 Å².